The van der Waals surface area contributed by atoms with E-state index < -0.39 is 0 Å². The van der Waals surface area contributed by atoms with E-state index in [1.807, 2.05) is 12.3 Å². The summed E-state index contributed by atoms with van der Waals surface area (Å²) in [5.74, 6) is 1.73. The molecule has 1 aromatic heterocycles. The standard InChI is InChI=1S/C12H16BrClN2/c1-8-3-4-16(9(2)5-8)12-11(14)6-10(13)7-15-12/h6-9H,3-5H2,1-2H3. The van der Waals surface area contributed by atoms with Crippen molar-refractivity contribution in [3.05, 3.63) is 21.8 Å². The third kappa shape index (κ3) is 2.51. The van der Waals surface area contributed by atoms with Gasteiger partial charge >= 0.3 is 0 Å². The van der Waals surface area contributed by atoms with Crippen molar-refractivity contribution < 1.29 is 0 Å². The zero-order valence-corrected chi connectivity index (χ0v) is 11.9. The Morgan fingerprint density at radius 3 is 2.88 bits per heavy atom. The molecule has 1 aromatic rings. The summed E-state index contributed by atoms with van der Waals surface area (Å²) in [6, 6.07) is 2.43. The molecular weight excluding hydrogens is 288 g/mol. The van der Waals surface area contributed by atoms with Crippen molar-refractivity contribution in [2.24, 2.45) is 5.92 Å². The van der Waals surface area contributed by atoms with Crippen LogP contribution in [0.3, 0.4) is 0 Å². The van der Waals surface area contributed by atoms with Crippen molar-refractivity contribution in [3.8, 4) is 0 Å². The van der Waals surface area contributed by atoms with E-state index in [2.05, 4.69) is 39.7 Å². The second kappa shape index (κ2) is 4.92. The minimum absolute atomic E-state index is 0.523. The Kier molecular flexibility index (Phi) is 3.75. The van der Waals surface area contributed by atoms with E-state index >= 15 is 0 Å². The number of anilines is 1. The van der Waals surface area contributed by atoms with Crippen LogP contribution in [0.15, 0.2) is 16.7 Å². The molecule has 16 heavy (non-hydrogen) atoms. The molecule has 2 rings (SSSR count). The highest BCUT2D eigenvalue weighted by molar-refractivity contribution is 9.10. The quantitative estimate of drug-likeness (QED) is 0.776. The molecule has 0 N–H and O–H groups in total. The SMILES string of the molecule is CC1CCN(c2ncc(Br)cc2Cl)C(C)C1. The lowest BCUT2D eigenvalue weighted by atomic mass is 9.93. The van der Waals surface area contributed by atoms with Gasteiger partial charge in [0.2, 0.25) is 0 Å². The molecule has 2 atom stereocenters. The van der Waals surface area contributed by atoms with Crippen LogP contribution >= 0.6 is 27.5 Å². The van der Waals surface area contributed by atoms with Gasteiger partial charge in [0.25, 0.3) is 0 Å². The van der Waals surface area contributed by atoms with Crippen LogP contribution in [0.1, 0.15) is 26.7 Å². The lowest BCUT2D eigenvalue weighted by molar-refractivity contribution is 0.376. The number of piperidine rings is 1. The molecule has 1 saturated heterocycles. The first-order valence-corrected chi connectivity index (χ1v) is 6.82. The molecular formula is C12H16BrClN2. The Hall–Kier alpha value is -0.280. The van der Waals surface area contributed by atoms with Gasteiger partial charge in [0.15, 0.2) is 0 Å². The van der Waals surface area contributed by atoms with Crippen molar-refractivity contribution >= 4 is 33.3 Å². The predicted octanol–water partition coefficient (Wildman–Crippen LogP) is 4.12. The first-order valence-electron chi connectivity index (χ1n) is 5.65. The molecule has 0 amide bonds. The molecule has 2 nitrogen and oxygen atoms in total. The smallest absolute Gasteiger partial charge is 0.147 e. The third-order valence-electron chi connectivity index (χ3n) is 3.20. The van der Waals surface area contributed by atoms with Crippen molar-refractivity contribution in [3.63, 3.8) is 0 Å². The topological polar surface area (TPSA) is 16.1 Å². The fourth-order valence-corrected chi connectivity index (χ4v) is 3.08. The van der Waals surface area contributed by atoms with Crippen molar-refractivity contribution in [1.29, 1.82) is 0 Å². The summed E-state index contributed by atoms with van der Waals surface area (Å²) in [5, 5.41) is 0.732. The maximum absolute atomic E-state index is 6.23. The van der Waals surface area contributed by atoms with Gasteiger partial charge in [0.1, 0.15) is 5.82 Å². The highest BCUT2D eigenvalue weighted by Gasteiger charge is 2.25. The average Bonchev–Trinajstić information content (AvgIpc) is 2.19. The van der Waals surface area contributed by atoms with Gasteiger partial charge in [-0.1, -0.05) is 18.5 Å². The Morgan fingerprint density at radius 1 is 1.50 bits per heavy atom. The molecule has 2 heterocycles. The molecule has 0 aromatic carbocycles. The van der Waals surface area contributed by atoms with Gasteiger partial charge in [0, 0.05) is 23.3 Å². The summed E-state index contributed by atoms with van der Waals surface area (Å²) in [6.07, 6.45) is 4.25. The van der Waals surface area contributed by atoms with Crippen LogP contribution in [0.5, 0.6) is 0 Å². The van der Waals surface area contributed by atoms with E-state index in [0.29, 0.717) is 6.04 Å². The van der Waals surface area contributed by atoms with E-state index in [1.54, 1.807) is 0 Å². The van der Waals surface area contributed by atoms with E-state index in [-0.39, 0.29) is 0 Å². The predicted molar refractivity (Wildman–Crippen MR) is 72.2 cm³/mol. The number of pyridine rings is 1. The van der Waals surface area contributed by atoms with Crippen LogP contribution in [0, 0.1) is 5.92 Å². The summed E-state index contributed by atoms with van der Waals surface area (Å²) >= 11 is 9.61. The summed E-state index contributed by atoms with van der Waals surface area (Å²) < 4.78 is 0.930. The first kappa shape index (κ1) is 12.2. The zero-order valence-electron chi connectivity index (χ0n) is 9.58. The summed E-state index contributed by atoms with van der Waals surface area (Å²) in [6.45, 7) is 5.61. The molecule has 1 aliphatic rings. The first-order chi connectivity index (χ1) is 7.58. The Balaban J connectivity index is 2.23. The van der Waals surface area contributed by atoms with E-state index in [9.17, 15) is 0 Å². The van der Waals surface area contributed by atoms with Crippen LogP contribution in [0.4, 0.5) is 5.82 Å². The van der Waals surface area contributed by atoms with Gasteiger partial charge in [-0.05, 0) is 47.7 Å². The van der Waals surface area contributed by atoms with Gasteiger partial charge in [-0.3, -0.25) is 0 Å². The third-order valence-corrected chi connectivity index (χ3v) is 3.91. The van der Waals surface area contributed by atoms with Crippen LogP contribution in [0.2, 0.25) is 5.02 Å². The van der Waals surface area contributed by atoms with Crippen LogP contribution in [0.25, 0.3) is 0 Å². The van der Waals surface area contributed by atoms with Gasteiger partial charge in [-0.2, -0.15) is 0 Å². The molecule has 1 fully saturated rings. The lowest BCUT2D eigenvalue weighted by Gasteiger charge is -2.37. The van der Waals surface area contributed by atoms with Gasteiger partial charge in [0.05, 0.1) is 5.02 Å². The Morgan fingerprint density at radius 2 is 2.25 bits per heavy atom. The largest absolute Gasteiger partial charge is 0.353 e. The average molecular weight is 304 g/mol. The minimum atomic E-state index is 0.523. The van der Waals surface area contributed by atoms with Crippen LogP contribution in [-0.2, 0) is 0 Å². The molecule has 0 spiro atoms. The minimum Gasteiger partial charge on any atom is -0.353 e. The maximum atomic E-state index is 6.23. The lowest BCUT2D eigenvalue weighted by Crippen LogP contribution is -2.40. The second-order valence-corrected chi connectivity index (χ2v) is 5.95. The number of aromatic nitrogens is 1. The fraction of sp³-hybridized carbons (Fsp3) is 0.583. The van der Waals surface area contributed by atoms with E-state index in [1.165, 1.54) is 12.8 Å². The molecule has 0 bridgehead atoms. The second-order valence-electron chi connectivity index (χ2n) is 4.63. The van der Waals surface area contributed by atoms with Gasteiger partial charge < -0.3 is 4.90 Å². The summed E-state index contributed by atoms with van der Waals surface area (Å²) in [4.78, 5) is 6.74. The molecule has 0 radical (unpaired) electrons. The highest BCUT2D eigenvalue weighted by Crippen LogP contribution is 2.32. The van der Waals surface area contributed by atoms with E-state index in [4.69, 9.17) is 11.6 Å². The van der Waals surface area contributed by atoms with Crippen LogP contribution < -0.4 is 4.90 Å². The number of hydrogen-bond donors (Lipinski definition) is 0. The van der Waals surface area contributed by atoms with Gasteiger partial charge in [-0.25, -0.2) is 4.98 Å². The monoisotopic (exact) mass is 302 g/mol. The summed E-state index contributed by atoms with van der Waals surface area (Å²) in [5.41, 5.74) is 0. The Labute approximate surface area is 110 Å². The normalized spacial score (nSPS) is 25.9. The highest BCUT2D eigenvalue weighted by atomic mass is 79.9. The number of halogens is 2. The Bertz CT molecular complexity index is 383. The maximum Gasteiger partial charge on any atom is 0.147 e. The number of rotatable bonds is 1. The van der Waals surface area contributed by atoms with E-state index in [0.717, 1.165) is 27.8 Å². The molecule has 1 aliphatic heterocycles. The van der Waals surface area contributed by atoms with Crippen molar-refractivity contribution in [1.82, 2.24) is 4.98 Å². The number of hydrogen-bond acceptors (Lipinski definition) is 2. The zero-order chi connectivity index (χ0) is 11.7. The molecule has 0 aliphatic carbocycles. The number of nitrogens with zero attached hydrogens (tertiary/aromatic N) is 2. The molecule has 2 unspecified atom stereocenters. The molecule has 88 valence electrons. The van der Waals surface area contributed by atoms with Gasteiger partial charge in [-0.15, -0.1) is 0 Å². The molecule has 4 heteroatoms. The summed E-state index contributed by atoms with van der Waals surface area (Å²) in [7, 11) is 0. The fourth-order valence-electron chi connectivity index (χ4n) is 2.34. The molecule has 0 saturated carbocycles. The van der Waals surface area contributed by atoms with Crippen molar-refractivity contribution in [2.75, 3.05) is 11.4 Å². The van der Waals surface area contributed by atoms with Crippen LogP contribution in [-0.4, -0.2) is 17.6 Å². The van der Waals surface area contributed by atoms with Crippen molar-refractivity contribution in [2.45, 2.75) is 32.7 Å².